The van der Waals surface area contributed by atoms with Crippen molar-refractivity contribution in [2.24, 2.45) is 5.92 Å². The standard InChI is InChI=1S/C16H19BrN2O3S/c1-9(8-23-2)15(20)19-13(16(21)22)6-10-7-18-12-5-3-4-11(17)14(10)12/h3-5,7,9,13,18H,6,8H2,1-2H3,(H,19,20)(H,21,22). The van der Waals surface area contributed by atoms with Gasteiger partial charge in [-0.2, -0.15) is 11.8 Å². The van der Waals surface area contributed by atoms with Crippen molar-refractivity contribution in [3.63, 3.8) is 0 Å². The number of halogens is 1. The van der Waals surface area contributed by atoms with Gasteiger partial charge in [-0.1, -0.05) is 28.9 Å². The Kier molecular flexibility index (Phi) is 6.12. The summed E-state index contributed by atoms with van der Waals surface area (Å²) >= 11 is 5.05. The Labute approximate surface area is 147 Å². The minimum atomic E-state index is -1.03. The molecular weight excluding hydrogens is 380 g/mol. The summed E-state index contributed by atoms with van der Waals surface area (Å²) in [5, 5.41) is 13.0. The van der Waals surface area contributed by atoms with Gasteiger partial charge in [0.2, 0.25) is 5.91 Å². The highest BCUT2D eigenvalue weighted by molar-refractivity contribution is 9.10. The number of H-pyrrole nitrogens is 1. The molecule has 1 amide bonds. The number of nitrogens with one attached hydrogen (secondary N) is 2. The lowest BCUT2D eigenvalue weighted by Gasteiger charge is -2.17. The third-order valence-corrected chi connectivity index (χ3v) is 5.13. The highest BCUT2D eigenvalue weighted by Crippen LogP contribution is 2.27. The second kappa shape index (κ2) is 7.88. The smallest absolute Gasteiger partial charge is 0.326 e. The first-order valence-electron chi connectivity index (χ1n) is 7.20. The van der Waals surface area contributed by atoms with E-state index in [0.29, 0.717) is 5.75 Å². The van der Waals surface area contributed by atoms with Crippen molar-refractivity contribution < 1.29 is 14.7 Å². The molecule has 7 heteroatoms. The summed E-state index contributed by atoms with van der Waals surface area (Å²) in [5.74, 6) is -0.820. The summed E-state index contributed by atoms with van der Waals surface area (Å²) < 4.78 is 0.900. The van der Waals surface area contributed by atoms with Crippen LogP contribution in [-0.2, 0) is 16.0 Å². The van der Waals surface area contributed by atoms with Crippen LogP contribution in [-0.4, -0.2) is 40.0 Å². The second-order valence-corrected chi connectivity index (χ2v) is 7.20. The van der Waals surface area contributed by atoms with Crippen LogP contribution in [0.25, 0.3) is 10.9 Å². The molecule has 0 radical (unpaired) electrons. The van der Waals surface area contributed by atoms with Crippen molar-refractivity contribution in [2.45, 2.75) is 19.4 Å². The zero-order chi connectivity index (χ0) is 17.0. The predicted molar refractivity (Wildman–Crippen MR) is 96.8 cm³/mol. The number of carboxylic acid groups (broad SMARTS) is 1. The number of aromatic nitrogens is 1. The lowest BCUT2D eigenvalue weighted by molar-refractivity contribution is -0.142. The number of amides is 1. The van der Waals surface area contributed by atoms with Crippen LogP contribution in [0.4, 0.5) is 0 Å². The Bertz CT molecular complexity index is 716. The van der Waals surface area contributed by atoms with Gasteiger partial charge in [0.05, 0.1) is 0 Å². The van der Waals surface area contributed by atoms with Crippen molar-refractivity contribution in [3.8, 4) is 0 Å². The van der Waals surface area contributed by atoms with E-state index in [1.807, 2.05) is 24.5 Å². The Morgan fingerprint density at radius 2 is 2.17 bits per heavy atom. The van der Waals surface area contributed by atoms with Gasteiger partial charge in [0.25, 0.3) is 0 Å². The number of rotatable bonds is 7. The highest BCUT2D eigenvalue weighted by atomic mass is 79.9. The van der Waals surface area contributed by atoms with Gasteiger partial charge in [0.15, 0.2) is 0 Å². The molecule has 0 aliphatic carbocycles. The number of aliphatic carboxylic acids is 1. The number of benzene rings is 1. The van der Waals surface area contributed by atoms with Crippen molar-refractivity contribution in [2.75, 3.05) is 12.0 Å². The van der Waals surface area contributed by atoms with Crippen LogP contribution in [0, 0.1) is 5.92 Å². The van der Waals surface area contributed by atoms with Crippen LogP contribution in [0.15, 0.2) is 28.9 Å². The lowest BCUT2D eigenvalue weighted by Crippen LogP contribution is -2.44. The van der Waals surface area contributed by atoms with E-state index in [-0.39, 0.29) is 18.2 Å². The molecule has 0 spiro atoms. The Morgan fingerprint density at radius 3 is 2.83 bits per heavy atom. The van der Waals surface area contributed by atoms with Gasteiger partial charge in [-0.3, -0.25) is 4.79 Å². The minimum Gasteiger partial charge on any atom is -0.480 e. The van der Waals surface area contributed by atoms with Gasteiger partial charge >= 0.3 is 5.97 Å². The fourth-order valence-corrected chi connectivity index (χ4v) is 3.70. The fraction of sp³-hybridized carbons (Fsp3) is 0.375. The molecule has 5 nitrogen and oxygen atoms in total. The van der Waals surface area contributed by atoms with Gasteiger partial charge in [-0.15, -0.1) is 0 Å². The maximum Gasteiger partial charge on any atom is 0.326 e. The van der Waals surface area contributed by atoms with E-state index in [1.54, 1.807) is 24.9 Å². The molecule has 0 saturated carbocycles. The number of hydrogen-bond donors (Lipinski definition) is 3. The van der Waals surface area contributed by atoms with Crippen LogP contribution in [0.3, 0.4) is 0 Å². The van der Waals surface area contributed by atoms with Gasteiger partial charge in [-0.25, -0.2) is 4.79 Å². The number of thioether (sulfide) groups is 1. The monoisotopic (exact) mass is 398 g/mol. The number of carbonyl (C=O) groups is 2. The Balaban J connectivity index is 2.19. The first kappa shape index (κ1) is 17.9. The van der Waals surface area contributed by atoms with E-state index in [1.165, 1.54) is 0 Å². The number of carbonyl (C=O) groups excluding carboxylic acids is 1. The highest BCUT2D eigenvalue weighted by Gasteiger charge is 2.24. The summed E-state index contributed by atoms with van der Waals surface area (Å²) in [4.78, 5) is 26.8. The van der Waals surface area contributed by atoms with Crippen molar-refractivity contribution in [3.05, 3.63) is 34.4 Å². The van der Waals surface area contributed by atoms with Crippen molar-refractivity contribution >= 4 is 50.5 Å². The van der Waals surface area contributed by atoms with E-state index < -0.39 is 12.0 Å². The Morgan fingerprint density at radius 1 is 1.43 bits per heavy atom. The van der Waals surface area contributed by atoms with E-state index in [4.69, 9.17) is 0 Å². The molecule has 0 saturated heterocycles. The summed E-state index contributed by atoms with van der Waals surface area (Å²) in [6.07, 6.45) is 3.94. The van der Waals surface area contributed by atoms with Crippen LogP contribution in [0.1, 0.15) is 12.5 Å². The van der Waals surface area contributed by atoms with E-state index in [0.717, 1.165) is 20.9 Å². The van der Waals surface area contributed by atoms with E-state index >= 15 is 0 Å². The third-order valence-electron chi connectivity index (χ3n) is 3.64. The number of hydrogen-bond acceptors (Lipinski definition) is 3. The molecule has 124 valence electrons. The molecule has 2 atom stereocenters. The van der Waals surface area contributed by atoms with Gasteiger partial charge < -0.3 is 15.4 Å². The molecule has 23 heavy (non-hydrogen) atoms. The second-order valence-electron chi connectivity index (χ2n) is 5.44. The number of aromatic amines is 1. The maximum atomic E-state index is 12.1. The van der Waals surface area contributed by atoms with Crippen LogP contribution >= 0.6 is 27.7 Å². The van der Waals surface area contributed by atoms with Crippen LogP contribution in [0.2, 0.25) is 0 Å². The molecule has 1 heterocycles. The first-order chi connectivity index (χ1) is 10.9. The maximum absolute atomic E-state index is 12.1. The molecule has 3 N–H and O–H groups in total. The molecule has 2 rings (SSSR count). The molecule has 0 bridgehead atoms. The van der Waals surface area contributed by atoms with Crippen molar-refractivity contribution in [1.29, 1.82) is 0 Å². The number of fused-ring (bicyclic) bond motifs is 1. The fourth-order valence-electron chi connectivity index (χ4n) is 2.43. The van der Waals surface area contributed by atoms with Gasteiger partial charge in [0, 0.05) is 39.7 Å². The lowest BCUT2D eigenvalue weighted by atomic mass is 10.0. The van der Waals surface area contributed by atoms with Crippen LogP contribution in [0.5, 0.6) is 0 Å². The van der Waals surface area contributed by atoms with Crippen LogP contribution < -0.4 is 5.32 Å². The average Bonchev–Trinajstić information content (AvgIpc) is 2.91. The van der Waals surface area contributed by atoms with Gasteiger partial charge in [-0.05, 0) is 24.0 Å². The van der Waals surface area contributed by atoms with E-state index in [2.05, 4.69) is 26.2 Å². The van der Waals surface area contributed by atoms with E-state index in [9.17, 15) is 14.7 Å². The molecule has 1 aromatic carbocycles. The quantitative estimate of drug-likeness (QED) is 0.669. The zero-order valence-electron chi connectivity index (χ0n) is 12.9. The molecule has 2 unspecified atom stereocenters. The molecule has 2 aromatic rings. The summed E-state index contributed by atoms with van der Waals surface area (Å²) in [7, 11) is 0. The number of carboxylic acids is 1. The molecule has 0 aliphatic rings. The average molecular weight is 399 g/mol. The normalized spacial score (nSPS) is 13.7. The molecule has 1 aromatic heterocycles. The van der Waals surface area contributed by atoms with Gasteiger partial charge in [0.1, 0.15) is 6.04 Å². The summed E-state index contributed by atoms with van der Waals surface area (Å²) in [5.41, 5.74) is 1.79. The largest absolute Gasteiger partial charge is 0.480 e. The summed E-state index contributed by atoms with van der Waals surface area (Å²) in [6.45, 7) is 1.80. The predicted octanol–water partition coefficient (Wildman–Crippen LogP) is 3.04. The van der Waals surface area contributed by atoms with Crippen molar-refractivity contribution in [1.82, 2.24) is 10.3 Å². The molecular formula is C16H19BrN2O3S. The SMILES string of the molecule is CSCC(C)C(=O)NC(Cc1c[nH]c2cccc(Br)c12)C(=O)O. The Hall–Kier alpha value is -1.47. The first-order valence-corrected chi connectivity index (χ1v) is 9.39. The summed E-state index contributed by atoms with van der Waals surface area (Å²) in [6, 6.07) is 4.80. The third kappa shape index (κ3) is 4.29. The molecule has 0 fully saturated rings. The zero-order valence-corrected chi connectivity index (χ0v) is 15.3. The topological polar surface area (TPSA) is 82.2 Å². The minimum absolute atomic E-state index is 0.221. The molecule has 0 aliphatic heterocycles.